The molecule has 0 saturated heterocycles. The van der Waals surface area contributed by atoms with E-state index >= 15 is 0 Å². The molecule has 2 aromatic rings. The summed E-state index contributed by atoms with van der Waals surface area (Å²) in [5.74, 6) is 0. The van der Waals surface area contributed by atoms with E-state index in [1.165, 1.54) is 16.0 Å². The summed E-state index contributed by atoms with van der Waals surface area (Å²) in [5, 5.41) is 4.15. The number of hydrogen-bond acceptors (Lipinski definition) is 0. The van der Waals surface area contributed by atoms with Crippen LogP contribution in [0, 0.1) is 6.08 Å². The second-order valence-electron chi connectivity index (χ2n) is 6.60. The first-order chi connectivity index (χ1) is 10.3. The van der Waals surface area contributed by atoms with E-state index in [0.717, 1.165) is 6.42 Å². The van der Waals surface area contributed by atoms with Gasteiger partial charge in [0, 0.05) is 8.07 Å². The molecule has 0 bridgehead atoms. The molecule has 0 N–H and O–H groups in total. The Morgan fingerprint density at radius 3 is 2.08 bits per heavy atom. The van der Waals surface area contributed by atoms with Crippen molar-refractivity contribution in [1.29, 1.82) is 0 Å². The number of rotatable bonds is 1. The molecule has 0 atom stereocenters. The average molecular weight is 431 g/mol. The van der Waals surface area contributed by atoms with Crippen LogP contribution in [-0.4, -0.2) is 14.3 Å². The van der Waals surface area contributed by atoms with Crippen molar-refractivity contribution < 1.29 is 19.2 Å². The van der Waals surface area contributed by atoms with Crippen LogP contribution in [0.5, 0.6) is 0 Å². The summed E-state index contributed by atoms with van der Waals surface area (Å²) < 4.78 is 0. The molecule has 0 heterocycles. The standard InChI is InChI=1S/C9H7.C8H13Si.C2H6Si.2ClH.Ti/c1-2-5-9-7-3-6-8(9)4-1;1-9(2,3)8-6-4-5-7-8;1-3-2;;;/h1-7H;4,6H,5H2,1-3H3;1-2H3;2*1H;/q2*-1;;;;+2. The maximum Gasteiger partial charge on any atom is -0.0809 e. The Hall–Kier alpha value is 0.0381. The van der Waals surface area contributed by atoms with Crippen LogP contribution in [0.25, 0.3) is 10.8 Å². The van der Waals surface area contributed by atoms with Gasteiger partial charge in [0.2, 0.25) is 0 Å². The molecule has 0 radical (unpaired) electrons. The van der Waals surface area contributed by atoms with Gasteiger partial charge in [-0.25, -0.2) is 11.3 Å². The predicted molar refractivity (Wildman–Crippen MR) is 115 cm³/mol. The normalized spacial score (nSPS) is 11.9. The number of allylic oxidation sites excluding steroid dienone is 4. The summed E-state index contributed by atoms with van der Waals surface area (Å²) in [6, 6.07) is 14.7. The Morgan fingerprint density at radius 1 is 1.08 bits per heavy atom. The zero-order valence-corrected chi connectivity index (χ0v) is 20.4. The fraction of sp³-hybridized carbons (Fsp3) is 0.316. The van der Waals surface area contributed by atoms with Gasteiger partial charge in [-0.2, -0.15) is 23.6 Å². The molecule has 24 heavy (non-hydrogen) atoms. The van der Waals surface area contributed by atoms with Gasteiger partial charge in [-0.1, -0.05) is 25.7 Å². The van der Waals surface area contributed by atoms with E-state index in [-0.39, 0.29) is 31.0 Å². The van der Waals surface area contributed by atoms with Gasteiger partial charge < -0.3 is 0 Å². The summed E-state index contributed by atoms with van der Waals surface area (Å²) in [4.78, 5) is 0. The molecule has 1 aliphatic carbocycles. The molecule has 0 aromatic heterocycles. The zero-order chi connectivity index (χ0) is 16.6. The van der Waals surface area contributed by atoms with Gasteiger partial charge in [-0.3, -0.25) is 6.08 Å². The minimum Gasteiger partial charge on any atom is -0.168 e. The predicted octanol–water partition coefficient (Wildman–Crippen LogP) is 6.74. The molecule has 0 nitrogen and oxygen atoms in total. The minimum absolute atomic E-state index is 0. The van der Waals surface area contributed by atoms with Gasteiger partial charge in [0.1, 0.15) is 0 Å². The van der Waals surface area contributed by atoms with E-state index < -0.39 is 8.07 Å². The number of halogens is 2. The maximum absolute atomic E-state index is 3.36. The molecule has 0 spiro atoms. The van der Waals surface area contributed by atoms with Crippen LogP contribution >= 0.6 is 24.8 Å². The summed E-state index contributed by atoms with van der Waals surface area (Å²) in [7, 11) is -1.01. The smallest absolute Gasteiger partial charge is 0.0809 e. The third-order valence-electron chi connectivity index (χ3n) is 3.05. The van der Waals surface area contributed by atoms with Gasteiger partial charge in [0.25, 0.3) is 0 Å². The number of benzene rings is 1. The van der Waals surface area contributed by atoms with Gasteiger partial charge in [0.05, 0.1) is 0 Å². The fourth-order valence-electron chi connectivity index (χ4n) is 1.99. The molecule has 0 amide bonds. The molecule has 130 valence electrons. The van der Waals surface area contributed by atoms with Gasteiger partial charge in [-0.15, -0.1) is 60.9 Å². The third-order valence-corrected chi connectivity index (χ3v) is 5.01. The Balaban J connectivity index is 0. The van der Waals surface area contributed by atoms with Crippen LogP contribution in [0.3, 0.4) is 0 Å². The van der Waals surface area contributed by atoms with Gasteiger partial charge in [-0.05, 0) is 0 Å². The van der Waals surface area contributed by atoms with E-state index in [2.05, 4.69) is 113 Å². The molecule has 0 unspecified atom stereocenters. The van der Waals surface area contributed by atoms with Crippen LogP contribution in [0.4, 0.5) is 0 Å². The van der Waals surface area contributed by atoms with Crippen LogP contribution in [0.2, 0.25) is 32.7 Å². The summed E-state index contributed by atoms with van der Waals surface area (Å²) in [6.07, 6.45) is 8.94. The molecule has 3 rings (SSSR count). The maximum atomic E-state index is 3.36. The van der Waals surface area contributed by atoms with Crippen molar-refractivity contribution in [3.05, 3.63) is 65.9 Å². The van der Waals surface area contributed by atoms with Crippen molar-refractivity contribution in [2.75, 3.05) is 0 Å². The topological polar surface area (TPSA) is 0 Å². The van der Waals surface area contributed by atoms with Crippen LogP contribution in [0.1, 0.15) is 6.42 Å². The van der Waals surface area contributed by atoms with E-state index in [1.54, 1.807) is 0 Å². The quantitative estimate of drug-likeness (QED) is 0.347. The Kier molecular flexibility index (Phi) is 14.5. The zero-order valence-electron chi connectivity index (χ0n) is 15.2. The van der Waals surface area contributed by atoms with E-state index in [1.807, 2.05) is 0 Å². The largest absolute Gasteiger partial charge is 0.168 e. The molecular weight excluding hydrogens is 403 g/mol. The van der Waals surface area contributed by atoms with Crippen molar-refractivity contribution in [3.8, 4) is 0 Å². The number of hydrogen-bond donors (Lipinski definition) is 0. The average Bonchev–Trinajstić information content (AvgIpc) is 3.10. The SMILES string of the molecule is C[Si](C)(C)C1=[C-]CC=C1.C[Si](C)=[Ti+2].Cl.Cl.c1ccc2[cH-]ccc2c1. The van der Waals surface area contributed by atoms with Crippen LogP contribution < -0.4 is 0 Å². The third kappa shape index (κ3) is 10.8. The Morgan fingerprint density at radius 2 is 1.67 bits per heavy atom. The summed E-state index contributed by atoms with van der Waals surface area (Å²) in [6.45, 7) is 11.6. The Labute approximate surface area is 173 Å². The fourth-order valence-corrected chi connectivity index (χ4v) is 3.24. The first-order valence-electron chi connectivity index (χ1n) is 7.71. The first kappa shape index (κ1) is 26.3. The van der Waals surface area contributed by atoms with Crippen molar-refractivity contribution in [1.82, 2.24) is 0 Å². The van der Waals surface area contributed by atoms with E-state index in [9.17, 15) is 0 Å². The molecule has 0 saturated carbocycles. The first-order valence-corrected chi connectivity index (χ1v) is 16.0. The summed E-state index contributed by atoms with van der Waals surface area (Å²) >= 11 is 2.27. The molecule has 0 fully saturated rings. The van der Waals surface area contributed by atoms with Crippen molar-refractivity contribution in [2.45, 2.75) is 39.2 Å². The molecular formula is C19H28Cl2Si2Ti. The van der Waals surface area contributed by atoms with Crippen molar-refractivity contribution in [3.63, 3.8) is 0 Å². The molecule has 2 aromatic carbocycles. The second-order valence-corrected chi connectivity index (χ2v) is 18.3. The summed E-state index contributed by atoms with van der Waals surface area (Å²) in [5.41, 5.74) is 0. The van der Waals surface area contributed by atoms with Crippen LogP contribution in [-0.2, 0) is 19.2 Å². The van der Waals surface area contributed by atoms with Crippen molar-refractivity contribution >= 4 is 49.8 Å². The minimum atomic E-state index is -1.01. The monoisotopic (exact) mass is 430 g/mol. The van der Waals surface area contributed by atoms with Crippen LogP contribution in [0.15, 0.2) is 59.8 Å². The van der Waals surface area contributed by atoms with Crippen molar-refractivity contribution in [2.24, 2.45) is 0 Å². The van der Waals surface area contributed by atoms with Gasteiger partial charge in [0.15, 0.2) is 0 Å². The molecule has 5 heteroatoms. The van der Waals surface area contributed by atoms with E-state index in [0.29, 0.717) is 0 Å². The molecule has 0 aliphatic heterocycles. The molecule has 1 aliphatic rings. The van der Waals surface area contributed by atoms with Gasteiger partial charge >= 0.3 is 38.5 Å². The Bertz CT molecular complexity index is 633. The second kappa shape index (κ2) is 13.3. The van der Waals surface area contributed by atoms with E-state index in [4.69, 9.17) is 0 Å². The number of fused-ring (bicyclic) bond motifs is 1.